The Balaban J connectivity index is 1.87. The number of halogens is 1. The van der Waals surface area contributed by atoms with Gasteiger partial charge in [-0.3, -0.25) is 4.79 Å². The molecule has 0 spiro atoms. The zero-order chi connectivity index (χ0) is 13.0. The Bertz CT molecular complexity index is 411. The number of phenols is 1. The average Bonchev–Trinajstić information content (AvgIpc) is 2.82. The van der Waals surface area contributed by atoms with E-state index in [1.807, 2.05) is 0 Å². The lowest BCUT2D eigenvalue weighted by Gasteiger charge is -2.11. The van der Waals surface area contributed by atoms with Gasteiger partial charge in [0, 0.05) is 12.6 Å². The van der Waals surface area contributed by atoms with Crippen LogP contribution < -0.4 is 10.6 Å². The number of aromatic hydroxyl groups is 1. The summed E-state index contributed by atoms with van der Waals surface area (Å²) in [6, 6.07) is 4.26. The topological polar surface area (TPSA) is 61.4 Å². The highest BCUT2D eigenvalue weighted by Crippen LogP contribution is 2.19. The molecule has 3 N–H and O–H groups in total. The van der Waals surface area contributed by atoms with Crippen LogP contribution in [0.5, 0.6) is 5.75 Å². The van der Waals surface area contributed by atoms with Gasteiger partial charge in [-0.05, 0) is 37.9 Å². The summed E-state index contributed by atoms with van der Waals surface area (Å²) >= 11 is 0. The molecule has 1 aromatic carbocycles. The molecule has 5 heteroatoms. The third-order valence-electron chi connectivity index (χ3n) is 3.16. The van der Waals surface area contributed by atoms with E-state index in [1.54, 1.807) is 0 Å². The van der Waals surface area contributed by atoms with E-state index in [-0.39, 0.29) is 11.3 Å². The number of benzene rings is 1. The largest absolute Gasteiger partial charge is 0.507 e. The summed E-state index contributed by atoms with van der Waals surface area (Å²) in [5.74, 6) is -1.60. The minimum atomic E-state index is -0.702. The lowest BCUT2D eigenvalue weighted by Crippen LogP contribution is -2.31. The van der Waals surface area contributed by atoms with Crippen LogP contribution in [0, 0.1) is 5.82 Å². The van der Waals surface area contributed by atoms with Crippen LogP contribution in [0.25, 0.3) is 0 Å². The maximum atomic E-state index is 13.4. The predicted octanol–water partition coefficient (Wildman–Crippen LogP) is 1.40. The number of carbonyl (C=O) groups excluding carboxylic acids is 1. The summed E-state index contributed by atoms with van der Waals surface area (Å²) in [4.78, 5) is 11.7. The average molecular weight is 252 g/mol. The molecular weight excluding hydrogens is 235 g/mol. The summed E-state index contributed by atoms with van der Waals surface area (Å²) in [7, 11) is 0. The van der Waals surface area contributed by atoms with Crippen molar-refractivity contribution < 1.29 is 14.3 Å². The van der Waals surface area contributed by atoms with Gasteiger partial charge in [0.05, 0.1) is 0 Å². The molecule has 0 aromatic heterocycles. The minimum absolute atomic E-state index is 0.281. The number of hydrogen-bond donors (Lipinski definition) is 3. The van der Waals surface area contributed by atoms with Crippen molar-refractivity contribution in [2.24, 2.45) is 0 Å². The van der Waals surface area contributed by atoms with Crippen LogP contribution in [0.1, 0.15) is 29.6 Å². The molecule has 0 bridgehead atoms. The van der Waals surface area contributed by atoms with E-state index in [0.717, 1.165) is 31.9 Å². The van der Waals surface area contributed by atoms with Crippen molar-refractivity contribution in [1.29, 1.82) is 0 Å². The molecule has 18 heavy (non-hydrogen) atoms. The number of hydrogen-bond acceptors (Lipinski definition) is 3. The maximum absolute atomic E-state index is 13.4. The minimum Gasteiger partial charge on any atom is -0.507 e. The van der Waals surface area contributed by atoms with Crippen LogP contribution in [0.3, 0.4) is 0 Å². The smallest absolute Gasteiger partial charge is 0.258 e. The molecule has 0 radical (unpaired) electrons. The molecule has 1 atom stereocenters. The molecule has 1 aromatic rings. The number of amides is 1. The van der Waals surface area contributed by atoms with E-state index in [9.17, 15) is 14.3 Å². The Hall–Kier alpha value is -1.62. The highest BCUT2D eigenvalue weighted by molar-refractivity contribution is 5.97. The fourth-order valence-corrected chi connectivity index (χ4v) is 2.19. The lowest BCUT2D eigenvalue weighted by atomic mass is 10.1. The quantitative estimate of drug-likeness (QED) is 0.759. The molecule has 1 saturated heterocycles. The summed E-state index contributed by atoms with van der Waals surface area (Å²) < 4.78 is 13.4. The van der Waals surface area contributed by atoms with Crippen LogP contribution in [-0.4, -0.2) is 30.1 Å². The fourth-order valence-electron chi connectivity index (χ4n) is 2.19. The van der Waals surface area contributed by atoms with Crippen LogP contribution in [0.15, 0.2) is 18.2 Å². The van der Waals surface area contributed by atoms with Crippen LogP contribution in [0.2, 0.25) is 0 Å². The van der Waals surface area contributed by atoms with E-state index in [2.05, 4.69) is 10.6 Å². The molecule has 1 fully saturated rings. The van der Waals surface area contributed by atoms with E-state index in [4.69, 9.17) is 0 Å². The van der Waals surface area contributed by atoms with Crippen molar-refractivity contribution in [2.75, 3.05) is 13.1 Å². The van der Waals surface area contributed by atoms with Gasteiger partial charge in [0.25, 0.3) is 5.91 Å². The second-order valence-electron chi connectivity index (χ2n) is 4.47. The number of nitrogens with one attached hydrogen (secondary N) is 2. The summed E-state index contributed by atoms with van der Waals surface area (Å²) in [6.45, 7) is 1.50. The second-order valence-corrected chi connectivity index (χ2v) is 4.47. The molecule has 1 aliphatic heterocycles. The van der Waals surface area contributed by atoms with Crippen LogP contribution in [0.4, 0.5) is 4.39 Å². The van der Waals surface area contributed by atoms with Gasteiger partial charge in [0.1, 0.15) is 17.1 Å². The maximum Gasteiger partial charge on any atom is 0.258 e. The third-order valence-corrected chi connectivity index (χ3v) is 3.16. The van der Waals surface area contributed by atoms with E-state index in [0.29, 0.717) is 12.6 Å². The summed E-state index contributed by atoms with van der Waals surface area (Å²) in [5.41, 5.74) is -0.281. The van der Waals surface area contributed by atoms with E-state index in [1.165, 1.54) is 12.1 Å². The molecule has 98 valence electrons. The first-order valence-corrected chi connectivity index (χ1v) is 6.17. The molecular formula is C13H17FN2O2. The molecule has 4 nitrogen and oxygen atoms in total. The van der Waals surface area contributed by atoms with Crippen molar-refractivity contribution in [3.05, 3.63) is 29.6 Å². The van der Waals surface area contributed by atoms with Crippen molar-refractivity contribution in [3.63, 3.8) is 0 Å². The molecule has 1 unspecified atom stereocenters. The zero-order valence-electron chi connectivity index (χ0n) is 10.1. The number of phenolic OH excluding ortho intramolecular Hbond substituents is 1. The number of rotatable bonds is 4. The Morgan fingerprint density at radius 1 is 1.56 bits per heavy atom. The van der Waals surface area contributed by atoms with Crippen molar-refractivity contribution in [3.8, 4) is 5.75 Å². The molecule has 1 aliphatic rings. The number of carbonyl (C=O) groups is 1. The molecule has 1 amide bonds. The van der Waals surface area contributed by atoms with E-state index >= 15 is 0 Å². The first-order chi connectivity index (χ1) is 8.68. The van der Waals surface area contributed by atoms with Gasteiger partial charge in [-0.1, -0.05) is 6.07 Å². The van der Waals surface area contributed by atoms with Gasteiger partial charge in [-0.15, -0.1) is 0 Å². The van der Waals surface area contributed by atoms with Crippen LogP contribution in [-0.2, 0) is 0 Å². The third kappa shape index (κ3) is 2.98. The van der Waals surface area contributed by atoms with Gasteiger partial charge in [-0.25, -0.2) is 4.39 Å². The Kier molecular flexibility index (Phi) is 4.15. The predicted molar refractivity (Wildman–Crippen MR) is 66.0 cm³/mol. The first kappa shape index (κ1) is 12.8. The van der Waals surface area contributed by atoms with Crippen molar-refractivity contribution >= 4 is 5.91 Å². The van der Waals surface area contributed by atoms with Crippen molar-refractivity contribution in [2.45, 2.75) is 25.3 Å². The standard InChI is InChI=1S/C13H17FN2O2/c14-10-4-1-5-11(17)12(10)13(18)16-8-6-9-3-2-7-15-9/h1,4-5,9,15,17H,2-3,6-8H2,(H,16,18). The second kappa shape index (κ2) is 5.82. The summed E-state index contributed by atoms with van der Waals surface area (Å²) in [5, 5.41) is 15.4. The lowest BCUT2D eigenvalue weighted by molar-refractivity contribution is 0.0945. The monoisotopic (exact) mass is 252 g/mol. The fraction of sp³-hybridized carbons (Fsp3) is 0.462. The Labute approximate surface area is 105 Å². The SMILES string of the molecule is O=C(NCCC1CCCN1)c1c(O)cccc1F. The highest BCUT2D eigenvalue weighted by Gasteiger charge is 2.17. The van der Waals surface area contributed by atoms with E-state index < -0.39 is 11.7 Å². The van der Waals surface area contributed by atoms with Gasteiger partial charge >= 0.3 is 0 Å². The molecule has 1 heterocycles. The normalized spacial score (nSPS) is 18.8. The van der Waals surface area contributed by atoms with Gasteiger partial charge < -0.3 is 15.7 Å². The van der Waals surface area contributed by atoms with Crippen molar-refractivity contribution in [1.82, 2.24) is 10.6 Å². The van der Waals surface area contributed by atoms with Gasteiger partial charge in [0.2, 0.25) is 0 Å². The van der Waals surface area contributed by atoms with Gasteiger partial charge in [-0.2, -0.15) is 0 Å². The zero-order valence-corrected chi connectivity index (χ0v) is 10.1. The van der Waals surface area contributed by atoms with Gasteiger partial charge in [0.15, 0.2) is 0 Å². The molecule has 0 saturated carbocycles. The Morgan fingerprint density at radius 3 is 3.06 bits per heavy atom. The molecule has 0 aliphatic carbocycles. The highest BCUT2D eigenvalue weighted by atomic mass is 19.1. The summed E-state index contributed by atoms with van der Waals surface area (Å²) in [6.07, 6.45) is 3.09. The Morgan fingerprint density at radius 2 is 2.39 bits per heavy atom. The first-order valence-electron chi connectivity index (χ1n) is 6.17. The van der Waals surface area contributed by atoms with Crippen LogP contribution >= 0.6 is 0 Å². The molecule has 2 rings (SSSR count).